The minimum atomic E-state index is -0.755. The first-order valence-corrected chi connectivity index (χ1v) is 11.5. The number of imide groups is 1. The Morgan fingerprint density at radius 2 is 1.70 bits per heavy atom. The van der Waals surface area contributed by atoms with Gasteiger partial charge in [-0.3, -0.25) is 14.4 Å². The van der Waals surface area contributed by atoms with Gasteiger partial charge in [-0.1, -0.05) is 46.4 Å². The van der Waals surface area contributed by atoms with Gasteiger partial charge >= 0.3 is 0 Å². The van der Waals surface area contributed by atoms with Gasteiger partial charge in [-0.25, -0.2) is 4.90 Å². The van der Waals surface area contributed by atoms with Crippen molar-refractivity contribution in [2.24, 2.45) is 0 Å². The molecule has 0 aromatic heterocycles. The van der Waals surface area contributed by atoms with Crippen molar-refractivity contribution in [3.63, 3.8) is 0 Å². The number of ether oxygens (including phenoxy) is 1. The van der Waals surface area contributed by atoms with Crippen LogP contribution >= 0.6 is 46.4 Å². The molecule has 2 aliphatic heterocycles. The van der Waals surface area contributed by atoms with Gasteiger partial charge in [-0.2, -0.15) is 0 Å². The molecule has 1 fully saturated rings. The summed E-state index contributed by atoms with van der Waals surface area (Å²) in [6.45, 7) is 1.17. The molecule has 0 aliphatic carbocycles. The van der Waals surface area contributed by atoms with Gasteiger partial charge in [0.2, 0.25) is 0 Å². The van der Waals surface area contributed by atoms with E-state index in [1.807, 2.05) is 0 Å². The Bertz CT molecular complexity index is 1160. The highest BCUT2D eigenvalue weighted by molar-refractivity contribution is 6.54. The zero-order chi connectivity index (χ0) is 23.7. The molecule has 1 unspecified atom stereocenters. The predicted octanol–water partition coefficient (Wildman–Crippen LogP) is 4.99. The van der Waals surface area contributed by atoms with Crippen molar-refractivity contribution in [1.29, 1.82) is 0 Å². The summed E-state index contributed by atoms with van der Waals surface area (Å²) in [6, 6.07) is 9.05. The third-order valence-electron chi connectivity index (χ3n) is 5.19. The number of benzene rings is 2. The summed E-state index contributed by atoms with van der Waals surface area (Å²) >= 11 is 24.3. The lowest BCUT2D eigenvalue weighted by Crippen LogP contribution is -2.32. The molecule has 1 atom stereocenters. The van der Waals surface area contributed by atoms with E-state index in [2.05, 4.69) is 10.6 Å². The lowest BCUT2D eigenvalue weighted by Gasteiger charge is -2.17. The molecule has 7 nitrogen and oxygen atoms in total. The van der Waals surface area contributed by atoms with Crippen LogP contribution in [-0.2, 0) is 14.3 Å². The number of nitrogens with zero attached hydrogens (tertiary/aromatic N) is 1. The smallest absolute Gasteiger partial charge is 0.283 e. The maximum Gasteiger partial charge on any atom is 0.283 e. The van der Waals surface area contributed by atoms with Crippen LogP contribution in [0.2, 0.25) is 15.1 Å². The van der Waals surface area contributed by atoms with Gasteiger partial charge in [-0.15, -0.1) is 0 Å². The van der Waals surface area contributed by atoms with Gasteiger partial charge in [0, 0.05) is 24.4 Å². The zero-order valence-corrected chi connectivity index (χ0v) is 20.0. The molecule has 0 saturated carbocycles. The molecule has 2 aromatic rings. The quantitative estimate of drug-likeness (QED) is 0.407. The van der Waals surface area contributed by atoms with E-state index in [1.54, 1.807) is 24.3 Å². The zero-order valence-electron chi connectivity index (χ0n) is 17.0. The number of halogens is 4. The predicted molar refractivity (Wildman–Crippen MR) is 128 cm³/mol. The van der Waals surface area contributed by atoms with Crippen molar-refractivity contribution in [2.45, 2.75) is 18.9 Å². The van der Waals surface area contributed by atoms with Crippen LogP contribution in [0.25, 0.3) is 0 Å². The first-order chi connectivity index (χ1) is 15.8. The van der Waals surface area contributed by atoms with E-state index in [1.165, 1.54) is 12.1 Å². The summed E-state index contributed by atoms with van der Waals surface area (Å²) in [6.07, 6.45) is 1.97. The summed E-state index contributed by atoms with van der Waals surface area (Å²) in [7, 11) is 0. The van der Waals surface area contributed by atoms with Crippen molar-refractivity contribution < 1.29 is 19.1 Å². The highest BCUT2D eigenvalue weighted by atomic mass is 35.5. The van der Waals surface area contributed by atoms with Crippen LogP contribution in [0.3, 0.4) is 0 Å². The Labute approximate surface area is 209 Å². The molecule has 2 heterocycles. The summed E-state index contributed by atoms with van der Waals surface area (Å²) in [5.41, 5.74) is 0.840. The SMILES string of the molecule is O=C(NCC1CCCO1)c1ccc(NC2=C(Cl)C(=O)N(c3cc(Cl)c(Cl)cc3Cl)C2=O)cc1. The molecule has 0 spiro atoms. The van der Waals surface area contributed by atoms with Crippen molar-refractivity contribution >= 4 is 75.5 Å². The Morgan fingerprint density at radius 3 is 2.36 bits per heavy atom. The second-order valence-corrected chi connectivity index (χ2v) is 9.00. The normalized spacial score (nSPS) is 18.3. The third-order valence-corrected chi connectivity index (χ3v) is 6.56. The lowest BCUT2D eigenvalue weighted by molar-refractivity contribution is -0.120. The number of rotatable bonds is 6. The van der Waals surface area contributed by atoms with Crippen LogP contribution in [0, 0.1) is 0 Å². The van der Waals surface area contributed by atoms with Crippen molar-refractivity contribution in [1.82, 2.24) is 5.32 Å². The van der Waals surface area contributed by atoms with Crippen molar-refractivity contribution in [3.05, 3.63) is 67.8 Å². The van der Waals surface area contributed by atoms with Crippen molar-refractivity contribution in [2.75, 3.05) is 23.4 Å². The first-order valence-electron chi connectivity index (χ1n) is 9.96. The molecule has 2 aromatic carbocycles. The second kappa shape index (κ2) is 9.91. The number of hydrogen-bond acceptors (Lipinski definition) is 5. The van der Waals surface area contributed by atoms with E-state index in [-0.39, 0.29) is 43.5 Å². The third kappa shape index (κ3) is 4.98. The summed E-state index contributed by atoms with van der Waals surface area (Å²) in [5, 5.41) is 5.75. The maximum absolute atomic E-state index is 13.0. The average molecular weight is 529 g/mol. The highest BCUT2D eigenvalue weighted by Gasteiger charge is 2.40. The maximum atomic E-state index is 13.0. The minimum Gasteiger partial charge on any atom is -0.376 e. The molecule has 2 aliphatic rings. The average Bonchev–Trinajstić information content (AvgIpc) is 3.39. The van der Waals surface area contributed by atoms with E-state index < -0.39 is 11.8 Å². The van der Waals surface area contributed by atoms with Gasteiger partial charge in [0.1, 0.15) is 10.7 Å². The Balaban J connectivity index is 1.46. The highest BCUT2D eigenvalue weighted by Crippen LogP contribution is 2.38. The number of carbonyl (C=O) groups is 3. The number of nitrogens with one attached hydrogen (secondary N) is 2. The molecule has 0 radical (unpaired) electrons. The molecule has 11 heteroatoms. The molecule has 2 N–H and O–H groups in total. The first kappa shape index (κ1) is 23.9. The Hall–Kier alpha value is -2.29. The fourth-order valence-corrected chi connectivity index (χ4v) is 4.31. The Kier molecular flexibility index (Phi) is 7.16. The second-order valence-electron chi connectivity index (χ2n) is 7.40. The molecule has 4 rings (SSSR count). The molecule has 0 bridgehead atoms. The van der Waals surface area contributed by atoms with Gasteiger partial charge < -0.3 is 15.4 Å². The number of anilines is 2. The van der Waals surface area contributed by atoms with Crippen LogP contribution in [0.4, 0.5) is 11.4 Å². The molecule has 33 heavy (non-hydrogen) atoms. The number of carbonyl (C=O) groups excluding carboxylic acids is 3. The topological polar surface area (TPSA) is 87.7 Å². The van der Waals surface area contributed by atoms with Gasteiger partial charge in [0.15, 0.2) is 0 Å². The van der Waals surface area contributed by atoms with Crippen LogP contribution in [0.15, 0.2) is 47.1 Å². The monoisotopic (exact) mass is 527 g/mol. The van der Waals surface area contributed by atoms with Crippen LogP contribution in [0.5, 0.6) is 0 Å². The van der Waals surface area contributed by atoms with Gasteiger partial charge in [0.25, 0.3) is 17.7 Å². The van der Waals surface area contributed by atoms with Crippen LogP contribution < -0.4 is 15.5 Å². The molecule has 172 valence electrons. The molecular weight excluding hydrogens is 512 g/mol. The lowest BCUT2D eigenvalue weighted by atomic mass is 10.1. The van der Waals surface area contributed by atoms with Crippen LogP contribution in [-0.4, -0.2) is 37.0 Å². The fraction of sp³-hybridized carbons (Fsp3) is 0.227. The summed E-state index contributed by atoms with van der Waals surface area (Å²) < 4.78 is 5.49. The standard InChI is InChI=1S/C22H17Cl4N3O4/c23-14-8-16(25)17(9-15(14)24)29-21(31)18(26)19(22(29)32)28-12-5-3-11(4-6-12)20(30)27-10-13-2-1-7-33-13/h3-6,8-9,13,28H,1-2,7,10H2,(H,27,30). The van der Waals surface area contributed by atoms with Gasteiger partial charge in [0.05, 0.1) is 26.9 Å². The van der Waals surface area contributed by atoms with E-state index in [9.17, 15) is 14.4 Å². The van der Waals surface area contributed by atoms with Crippen molar-refractivity contribution in [3.8, 4) is 0 Å². The largest absolute Gasteiger partial charge is 0.376 e. The van der Waals surface area contributed by atoms with E-state index >= 15 is 0 Å². The molecule has 1 saturated heterocycles. The fourth-order valence-electron chi connectivity index (χ4n) is 3.48. The number of amides is 3. The molecular formula is C22H17Cl4N3O4. The summed E-state index contributed by atoms with van der Waals surface area (Å²) in [4.78, 5) is 38.8. The molecule has 3 amide bonds. The van der Waals surface area contributed by atoms with E-state index in [0.717, 1.165) is 24.3 Å². The van der Waals surface area contributed by atoms with Crippen LogP contribution in [0.1, 0.15) is 23.2 Å². The number of hydrogen-bond donors (Lipinski definition) is 2. The minimum absolute atomic E-state index is 0.0434. The summed E-state index contributed by atoms with van der Waals surface area (Å²) in [5.74, 6) is -1.69. The van der Waals surface area contributed by atoms with E-state index in [0.29, 0.717) is 17.8 Å². The Morgan fingerprint density at radius 1 is 1.00 bits per heavy atom. The van der Waals surface area contributed by atoms with E-state index in [4.69, 9.17) is 51.1 Å². The van der Waals surface area contributed by atoms with Gasteiger partial charge in [-0.05, 0) is 49.2 Å².